The van der Waals surface area contributed by atoms with Gasteiger partial charge < -0.3 is 10.1 Å². The molecule has 74 valence electrons. The topological polar surface area (TPSA) is 43.3 Å². The Labute approximate surface area is 87.5 Å². The summed E-state index contributed by atoms with van der Waals surface area (Å²) in [6.07, 6.45) is 4.55. The number of nitrogens with two attached hydrogens (primary N) is 1. The van der Waals surface area contributed by atoms with E-state index >= 15 is 0 Å². The van der Waals surface area contributed by atoms with Crippen molar-refractivity contribution in [3.63, 3.8) is 0 Å². The lowest BCUT2D eigenvalue weighted by Gasteiger charge is -2.02. The SMILES string of the molecule is Cc1cc(Cl)cn2c(CCN)cnc12. The van der Waals surface area contributed by atoms with E-state index in [9.17, 15) is 0 Å². The lowest BCUT2D eigenvalue weighted by atomic mass is 10.3. The van der Waals surface area contributed by atoms with Gasteiger partial charge in [0.1, 0.15) is 5.65 Å². The van der Waals surface area contributed by atoms with Gasteiger partial charge in [-0.05, 0) is 25.1 Å². The van der Waals surface area contributed by atoms with Crippen LogP contribution in [-0.4, -0.2) is 15.9 Å². The number of halogens is 1. The number of fused-ring (bicyclic) bond motifs is 1. The summed E-state index contributed by atoms with van der Waals surface area (Å²) in [7, 11) is 0. The van der Waals surface area contributed by atoms with Gasteiger partial charge in [0.05, 0.1) is 5.02 Å². The van der Waals surface area contributed by atoms with E-state index in [0.717, 1.165) is 28.3 Å². The van der Waals surface area contributed by atoms with Crippen LogP contribution in [0.1, 0.15) is 11.3 Å². The molecule has 3 nitrogen and oxygen atoms in total. The quantitative estimate of drug-likeness (QED) is 0.820. The van der Waals surface area contributed by atoms with Crippen LogP contribution in [0.25, 0.3) is 5.65 Å². The van der Waals surface area contributed by atoms with E-state index in [1.54, 1.807) is 0 Å². The van der Waals surface area contributed by atoms with Crippen molar-refractivity contribution in [1.29, 1.82) is 0 Å². The van der Waals surface area contributed by atoms with Crippen LogP contribution in [0.5, 0.6) is 0 Å². The molecule has 0 aromatic carbocycles. The molecule has 0 atom stereocenters. The van der Waals surface area contributed by atoms with Crippen LogP contribution in [0, 0.1) is 6.92 Å². The van der Waals surface area contributed by atoms with Crippen LogP contribution >= 0.6 is 11.6 Å². The summed E-state index contributed by atoms with van der Waals surface area (Å²) < 4.78 is 2.00. The predicted molar refractivity (Wildman–Crippen MR) is 57.7 cm³/mol. The second kappa shape index (κ2) is 3.59. The first-order valence-corrected chi connectivity index (χ1v) is 4.92. The molecule has 0 saturated carbocycles. The van der Waals surface area contributed by atoms with Gasteiger partial charge in [-0.3, -0.25) is 0 Å². The van der Waals surface area contributed by atoms with Gasteiger partial charge >= 0.3 is 0 Å². The summed E-state index contributed by atoms with van der Waals surface area (Å²) in [5, 5.41) is 0.728. The summed E-state index contributed by atoms with van der Waals surface area (Å²) in [5.41, 5.74) is 8.66. The Morgan fingerprint density at radius 1 is 1.57 bits per heavy atom. The minimum absolute atomic E-state index is 0.624. The molecule has 0 radical (unpaired) electrons. The molecule has 2 N–H and O–H groups in total. The normalized spacial score (nSPS) is 11.1. The van der Waals surface area contributed by atoms with Gasteiger partial charge in [-0.15, -0.1) is 0 Å². The molecule has 2 aromatic rings. The highest BCUT2D eigenvalue weighted by atomic mass is 35.5. The molecule has 0 aliphatic heterocycles. The molecular formula is C10H12ClN3. The number of pyridine rings is 1. The highest BCUT2D eigenvalue weighted by molar-refractivity contribution is 6.30. The number of imidazole rings is 1. The Balaban J connectivity index is 2.66. The Bertz CT molecular complexity index is 462. The standard InChI is InChI=1S/C10H12ClN3/c1-7-4-8(11)6-14-9(2-3-12)5-13-10(7)14/h4-6H,2-3,12H2,1H3. The molecule has 14 heavy (non-hydrogen) atoms. The van der Waals surface area contributed by atoms with Gasteiger partial charge in [0, 0.05) is 24.5 Å². The average Bonchev–Trinajstić information content (AvgIpc) is 2.49. The maximum Gasteiger partial charge on any atom is 0.139 e. The maximum absolute atomic E-state index is 5.97. The summed E-state index contributed by atoms with van der Waals surface area (Å²) in [6, 6.07) is 1.91. The van der Waals surface area contributed by atoms with Gasteiger partial charge in [0.15, 0.2) is 0 Å². The molecule has 0 bridgehead atoms. The van der Waals surface area contributed by atoms with E-state index in [4.69, 9.17) is 17.3 Å². The van der Waals surface area contributed by atoms with Crippen molar-refractivity contribution in [2.24, 2.45) is 5.73 Å². The second-order valence-corrected chi connectivity index (χ2v) is 3.76. The van der Waals surface area contributed by atoms with Crippen molar-refractivity contribution in [2.75, 3.05) is 6.54 Å². The summed E-state index contributed by atoms with van der Waals surface area (Å²) in [5.74, 6) is 0. The molecule has 4 heteroatoms. The first-order valence-electron chi connectivity index (χ1n) is 4.54. The number of hydrogen-bond donors (Lipinski definition) is 1. The van der Waals surface area contributed by atoms with Crippen LogP contribution < -0.4 is 5.73 Å². The molecule has 0 spiro atoms. The fourth-order valence-electron chi connectivity index (χ4n) is 1.60. The molecule has 0 fully saturated rings. The highest BCUT2D eigenvalue weighted by Gasteiger charge is 2.05. The van der Waals surface area contributed by atoms with Crippen LogP contribution in [0.4, 0.5) is 0 Å². The van der Waals surface area contributed by atoms with Crippen molar-refractivity contribution < 1.29 is 0 Å². The Morgan fingerprint density at radius 3 is 3.07 bits per heavy atom. The lowest BCUT2D eigenvalue weighted by molar-refractivity contribution is 0.904. The first kappa shape index (κ1) is 9.49. The largest absolute Gasteiger partial charge is 0.330 e. The zero-order valence-corrected chi connectivity index (χ0v) is 8.75. The number of nitrogens with zero attached hydrogens (tertiary/aromatic N) is 2. The number of aryl methyl sites for hydroxylation is 1. The zero-order valence-electron chi connectivity index (χ0n) is 8.00. The first-order chi connectivity index (χ1) is 6.72. The molecule has 0 unspecified atom stereocenters. The summed E-state index contributed by atoms with van der Waals surface area (Å²) >= 11 is 5.97. The van der Waals surface area contributed by atoms with Crippen LogP contribution in [-0.2, 0) is 6.42 Å². The highest BCUT2D eigenvalue weighted by Crippen LogP contribution is 2.17. The van der Waals surface area contributed by atoms with E-state index in [0.29, 0.717) is 6.54 Å². The van der Waals surface area contributed by atoms with Gasteiger partial charge in [0.25, 0.3) is 0 Å². The monoisotopic (exact) mass is 209 g/mol. The predicted octanol–water partition coefficient (Wildman–Crippen LogP) is 1.80. The van der Waals surface area contributed by atoms with E-state index in [1.165, 1.54) is 0 Å². The average molecular weight is 210 g/mol. The van der Waals surface area contributed by atoms with Gasteiger partial charge in [-0.2, -0.15) is 0 Å². The molecule has 2 heterocycles. The maximum atomic E-state index is 5.97. The molecule has 0 saturated heterocycles. The fraction of sp³-hybridized carbons (Fsp3) is 0.300. The molecule has 0 aliphatic carbocycles. The molecule has 2 aromatic heterocycles. The Morgan fingerprint density at radius 2 is 2.36 bits per heavy atom. The van der Waals surface area contributed by atoms with E-state index in [1.807, 2.05) is 29.8 Å². The molecule has 0 aliphatic rings. The van der Waals surface area contributed by atoms with Gasteiger partial charge in [-0.1, -0.05) is 11.6 Å². The van der Waals surface area contributed by atoms with Gasteiger partial charge in [-0.25, -0.2) is 4.98 Å². The second-order valence-electron chi connectivity index (χ2n) is 3.32. The van der Waals surface area contributed by atoms with Crippen LogP contribution in [0.3, 0.4) is 0 Å². The lowest BCUT2D eigenvalue weighted by Crippen LogP contribution is -2.05. The smallest absolute Gasteiger partial charge is 0.139 e. The third kappa shape index (κ3) is 1.49. The fourth-order valence-corrected chi connectivity index (χ4v) is 1.86. The molecular weight excluding hydrogens is 198 g/mol. The third-order valence-corrected chi connectivity index (χ3v) is 2.44. The number of rotatable bonds is 2. The van der Waals surface area contributed by atoms with E-state index in [2.05, 4.69) is 4.98 Å². The van der Waals surface area contributed by atoms with Crippen LogP contribution in [0.15, 0.2) is 18.5 Å². The Hall–Kier alpha value is -1.06. The Kier molecular flexibility index (Phi) is 2.44. The number of hydrogen-bond acceptors (Lipinski definition) is 2. The van der Waals surface area contributed by atoms with Crippen molar-refractivity contribution in [3.05, 3.63) is 34.7 Å². The summed E-state index contributed by atoms with van der Waals surface area (Å²) in [4.78, 5) is 4.33. The third-order valence-electron chi connectivity index (χ3n) is 2.23. The van der Waals surface area contributed by atoms with Gasteiger partial charge in [0.2, 0.25) is 0 Å². The van der Waals surface area contributed by atoms with Crippen molar-refractivity contribution in [1.82, 2.24) is 9.38 Å². The summed E-state index contributed by atoms with van der Waals surface area (Å²) in [6.45, 7) is 2.62. The van der Waals surface area contributed by atoms with Crippen molar-refractivity contribution in [3.8, 4) is 0 Å². The van der Waals surface area contributed by atoms with E-state index in [-0.39, 0.29) is 0 Å². The van der Waals surface area contributed by atoms with E-state index < -0.39 is 0 Å². The van der Waals surface area contributed by atoms with Crippen molar-refractivity contribution in [2.45, 2.75) is 13.3 Å². The minimum Gasteiger partial charge on any atom is -0.330 e. The van der Waals surface area contributed by atoms with Crippen molar-refractivity contribution >= 4 is 17.2 Å². The van der Waals surface area contributed by atoms with Crippen LogP contribution in [0.2, 0.25) is 5.02 Å². The number of aromatic nitrogens is 2. The minimum atomic E-state index is 0.624. The zero-order chi connectivity index (χ0) is 10.1. The molecule has 0 amide bonds. The molecule has 2 rings (SSSR count).